The molecule has 2 rings (SSSR count). The number of nitrogens with zero attached hydrogens (tertiary/aromatic N) is 2. The van der Waals surface area contributed by atoms with Crippen LogP contribution in [0.15, 0.2) is 6.07 Å². The van der Waals surface area contributed by atoms with Gasteiger partial charge in [0.1, 0.15) is 17.4 Å². The number of esters is 1. The molecule has 0 unspecified atom stereocenters. The third kappa shape index (κ3) is 7.80. The zero-order valence-corrected chi connectivity index (χ0v) is 20.6. The van der Waals surface area contributed by atoms with E-state index in [9.17, 15) is 22.8 Å². The monoisotopic (exact) mass is 518 g/mol. The first-order chi connectivity index (χ1) is 16.7. The van der Waals surface area contributed by atoms with Crippen molar-refractivity contribution in [2.24, 2.45) is 0 Å². The van der Waals surface area contributed by atoms with Gasteiger partial charge in [-0.15, -0.1) is 0 Å². The minimum absolute atomic E-state index is 0.0143. The summed E-state index contributed by atoms with van der Waals surface area (Å²) in [5.74, 6) is -4.81. The minimum Gasteiger partial charge on any atom is -0.471 e. The molecule has 194 valence electrons. The topological polar surface area (TPSA) is 113 Å². The van der Waals surface area contributed by atoms with Gasteiger partial charge in [-0.1, -0.05) is 6.92 Å². The predicted molar refractivity (Wildman–Crippen MR) is 124 cm³/mol. The summed E-state index contributed by atoms with van der Waals surface area (Å²) >= 11 is 0.714. The number of likely N-dealkylation sites (N-methyl/N-ethyl adjacent to an activating group) is 1. The molecule has 0 radical (unpaired) electrons. The Morgan fingerprint density at radius 3 is 2.60 bits per heavy atom. The van der Waals surface area contributed by atoms with Crippen molar-refractivity contribution in [3.63, 3.8) is 0 Å². The van der Waals surface area contributed by atoms with Crippen molar-refractivity contribution in [2.75, 3.05) is 45.2 Å². The lowest BCUT2D eigenvalue weighted by Gasteiger charge is -2.18. The van der Waals surface area contributed by atoms with E-state index in [2.05, 4.69) is 19.9 Å². The number of unbranched alkanes of at least 4 members (excludes halogenated alkanes) is 1. The second-order valence-electron chi connectivity index (χ2n) is 7.50. The predicted octanol–water partition coefficient (Wildman–Crippen LogP) is 3.45. The van der Waals surface area contributed by atoms with E-state index in [-0.39, 0.29) is 28.6 Å². The van der Waals surface area contributed by atoms with Crippen LogP contribution in [0.2, 0.25) is 0 Å². The maximum absolute atomic E-state index is 14.1. The van der Waals surface area contributed by atoms with Gasteiger partial charge < -0.3 is 24.8 Å². The molecule has 35 heavy (non-hydrogen) atoms. The fourth-order valence-corrected chi connectivity index (χ4v) is 3.86. The molecule has 3 N–H and O–H groups in total. The summed E-state index contributed by atoms with van der Waals surface area (Å²) in [6, 6.07) is 0.245. The Bertz CT molecular complexity index is 1020. The van der Waals surface area contributed by atoms with E-state index < -0.39 is 41.6 Å². The van der Waals surface area contributed by atoms with Crippen LogP contribution in [-0.2, 0) is 11.3 Å². The van der Waals surface area contributed by atoms with Gasteiger partial charge in [-0.05, 0) is 56.0 Å². The number of carbonyl (C=O) groups excluding carboxylic acids is 2. The number of carbonyl (C=O) groups is 2. The number of benzene rings is 1. The number of aliphatic hydroxyl groups is 1. The minimum atomic E-state index is -1.39. The Morgan fingerprint density at radius 1 is 1.20 bits per heavy atom. The first-order valence-corrected chi connectivity index (χ1v) is 11.7. The van der Waals surface area contributed by atoms with E-state index in [1.165, 1.54) is 6.92 Å². The van der Waals surface area contributed by atoms with E-state index in [0.717, 1.165) is 32.7 Å². The van der Waals surface area contributed by atoms with Gasteiger partial charge in [-0.3, -0.25) is 5.32 Å². The quantitative estimate of drug-likeness (QED) is 0.212. The van der Waals surface area contributed by atoms with Gasteiger partial charge in [0.2, 0.25) is 5.88 Å². The molecule has 9 nitrogen and oxygen atoms in total. The first-order valence-electron chi connectivity index (χ1n) is 10.9. The molecular formula is C22H29F3N4O5S. The van der Waals surface area contributed by atoms with Gasteiger partial charge in [-0.25, -0.2) is 22.8 Å². The Labute approximate surface area is 205 Å². The third-order valence-corrected chi connectivity index (χ3v) is 5.86. The van der Waals surface area contributed by atoms with Crippen molar-refractivity contribution in [3.8, 4) is 5.88 Å². The Hall–Kier alpha value is -2.90. The van der Waals surface area contributed by atoms with Gasteiger partial charge in [0.25, 0.3) is 0 Å². The highest BCUT2D eigenvalue weighted by atomic mass is 32.1. The summed E-state index contributed by atoms with van der Waals surface area (Å²) in [5, 5.41) is 14.2. The zero-order valence-electron chi connectivity index (χ0n) is 19.8. The van der Waals surface area contributed by atoms with Crippen LogP contribution in [-0.4, -0.2) is 66.3 Å². The standard InChI is InChI=1S/C22H29F3N4O5S/c1-4-29(9-10-30)8-6-5-7-26-22(32)27-20-16(21(31)33-3)19(28-35-20)34-12-14-15(23)11-13(2)17(24)18(14)25/h11,30H,4-10,12H2,1-3H3,(H2,26,27,32). The maximum atomic E-state index is 14.1. The molecule has 1 heterocycles. The highest BCUT2D eigenvalue weighted by Gasteiger charge is 2.26. The van der Waals surface area contributed by atoms with Crippen LogP contribution < -0.4 is 15.4 Å². The van der Waals surface area contributed by atoms with Crippen molar-refractivity contribution < 1.29 is 37.3 Å². The Balaban J connectivity index is 1.99. The molecule has 0 aliphatic carbocycles. The van der Waals surface area contributed by atoms with Crippen molar-refractivity contribution in [1.82, 2.24) is 14.6 Å². The van der Waals surface area contributed by atoms with Crippen molar-refractivity contribution in [2.45, 2.75) is 33.3 Å². The second kappa shape index (κ2) is 13.9. The number of aryl methyl sites for hydroxylation is 1. The number of rotatable bonds is 13. The average molecular weight is 519 g/mol. The molecule has 0 atom stereocenters. The molecule has 0 saturated heterocycles. The second-order valence-corrected chi connectivity index (χ2v) is 8.27. The lowest BCUT2D eigenvalue weighted by Crippen LogP contribution is -2.31. The summed E-state index contributed by atoms with van der Waals surface area (Å²) in [4.78, 5) is 26.6. The van der Waals surface area contributed by atoms with E-state index in [1.54, 1.807) is 0 Å². The molecule has 1 aromatic heterocycles. The zero-order chi connectivity index (χ0) is 26.0. The van der Waals surface area contributed by atoms with Crippen LogP contribution in [0.3, 0.4) is 0 Å². The molecule has 0 aliphatic rings. The normalized spacial score (nSPS) is 11.0. The average Bonchev–Trinajstić information content (AvgIpc) is 3.23. The first kappa shape index (κ1) is 28.3. The summed E-state index contributed by atoms with van der Waals surface area (Å²) in [7, 11) is 1.11. The Kier molecular flexibility index (Phi) is 11.2. The molecule has 1 aromatic carbocycles. The number of urea groups is 1. The number of nitrogens with one attached hydrogen (secondary N) is 2. The van der Waals surface area contributed by atoms with Crippen molar-refractivity contribution in [1.29, 1.82) is 0 Å². The molecule has 0 fully saturated rings. The number of aromatic nitrogens is 1. The number of hydrogen-bond donors (Lipinski definition) is 3. The molecule has 0 spiro atoms. The van der Waals surface area contributed by atoms with Gasteiger partial charge in [-0.2, -0.15) is 4.37 Å². The van der Waals surface area contributed by atoms with Crippen molar-refractivity contribution >= 4 is 28.5 Å². The lowest BCUT2D eigenvalue weighted by atomic mass is 10.1. The molecule has 0 aliphatic heterocycles. The van der Waals surface area contributed by atoms with Gasteiger partial charge in [0.15, 0.2) is 17.2 Å². The van der Waals surface area contributed by atoms with Crippen LogP contribution in [0.5, 0.6) is 5.88 Å². The SMILES string of the molecule is CCN(CCO)CCCCNC(=O)Nc1snc(OCc2c(F)cc(C)c(F)c2F)c1C(=O)OC. The van der Waals surface area contributed by atoms with Crippen molar-refractivity contribution in [3.05, 3.63) is 40.2 Å². The highest BCUT2D eigenvalue weighted by Crippen LogP contribution is 2.32. The molecule has 0 bridgehead atoms. The summed E-state index contributed by atoms with van der Waals surface area (Å²) < 4.78 is 55.9. The molecule has 13 heteroatoms. The van der Waals surface area contributed by atoms with Gasteiger partial charge in [0.05, 0.1) is 19.3 Å². The van der Waals surface area contributed by atoms with E-state index in [1.807, 2.05) is 6.92 Å². The van der Waals surface area contributed by atoms with E-state index in [0.29, 0.717) is 31.0 Å². The van der Waals surface area contributed by atoms with Crippen LogP contribution >= 0.6 is 11.5 Å². The lowest BCUT2D eigenvalue weighted by molar-refractivity contribution is 0.0596. The van der Waals surface area contributed by atoms with E-state index >= 15 is 0 Å². The molecule has 0 saturated carbocycles. The smallest absolute Gasteiger partial charge is 0.346 e. The fourth-order valence-electron chi connectivity index (χ4n) is 3.14. The Morgan fingerprint density at radius 2 is 1.94 bits per heavy atom. The summed E-state index contributed by atoms with van der Waals surface area (Å²) in [6.07, 6.45) is 1.51. The summed E-state index contributed by atoms with van der Waals surface area (Å²) in [5.41, 5.74) is -1.09. The highest BCUT2D eigenvalue weighted by molar-refractivity contribution is 7.11. The number of halogens is 3. The number of methoxy groups -OCH3 is 1. The largest absolute Gasteiger partial charge is 0.471 e. The van der Waals surface area contributed by atoms with Crippen LogP contribution in [0, 0.1) is 24.4 Å². The third-order valence-electron chi connectivity index (χ3n) is 5.12. The maximum Gasteiger partial charge on any atom is 0.346 e. The van der Waals surface area contributed by atoms with Crippen LogP contribution in [0.25, 0.3) is 0 Å². The van der Waals surface area contributed by atoms with Gasteiger partial charge >= 0.3 is 12.0 Å². The summed E-state index contributed by atoms with van der Waals surface area (Å²) in [6.45, 7) is 5.14. The molecule has 2 amide bonds. The number of aliphatic hydroxyl groups excluding tert-OH is 1. The van der Waals surface area contributed by atoms with Crippen LogP contribution in [0.4, 0.5) is 23.0 Å². The van der Waals surface area contributed by atoms with Crippen LogP contribution in [0.1, 0.15) is 41.3 Å². The van der Waals surface area contributed by atoms with E-state index in [4.69, 9.17) is 14.6 Å². The van der Waals surface area contributed by atoms with Gasteiger partial charge in [0, 0.05) is 13.1 Å². The number of amides is 2. The fraction of sp³-hybridized carbons (Fsp3) is 0.500. The molecular weight excluding hydrogens is 489 g/mol. The number of ether oxygens (including phenoxy) is 2. The molecule has 2 aromatic rings. The number of hydrogen-bond acceptors (Lipinski definition) is 8. The number of anilines is 1.